The highest BCUT2D eigenvalue weighted by Crippen LogP contribution is 2.29. The van der Waals surface area contributed by atoms with Gasteiger partial charge in [0.15, 0.2) is 11.7 Å². The van der Waals surface area contributed by atoms with Gasteiger partial charge in [-0.25, -0.2) is 4.98 Å². The summed E-state index contributed by atoms with van der Waals surface area (Å²) in [5, 5.41) is 7.86. The van der Waals surface area contributed by atoms with Crippen LogP contribution in [0.2, 0.25) is 0 Å². The summed E-state index contributed by atoms with van der Waals surface area (Å²) >= 11 is 1.02. The lowest BCUT2D eigenvalue weighted by atomic mass is 10.3. The molecule has 0 amide bonds. The summed E-state index contributed by atoms with van der Waals surface area (Å²) < 4.78 is 43.0. The van der Waals surface area contributed by atoms with Crippen LogP contribution in [0.15, 0.2) is 33.2 Å². The average molecular weight is 516 g/mol. The van der Waals surface area contributed by atoms with Crippen molar-refractivity contribution < 1.29 is 17.6 Å². The minimum absolute atomic E-state index is 0. The fourth-order valence-electron chi connectivity index (χ4n) is 2.13. The predicted molar refractivity (Wildman–Crippen MR) is 112 cm³/mol. The third-order valence-electron chi connectivity index (χ3n) is 3.50. The maximum atomic E-state index is 12.6. The van der Waals surface area contributed by atoms with Gasteiger partial charge >= 0.3 is 6.18 Å². The third-order valence-corrected chi connectivity index (χ3v) is 4.41. The smallest absolute Gasteiger partial charge is 0.434 e. The molecule has 152 valence electrons. The molecule has 0 radical (unpaired) electrons. The van der Waals surface area contributed by atoms with Crippen LogP contribution in [0.25, 0.3) is 0 Å². The lowest BCUT2D eigenvalue weighted by Gasteiger charge is -2.11. The van der Waals surface area contributed by atoms with Crippen molar-refractivity contribution >= 4 is 41.3 Å². The lowest BCUT2D eigenvalue weighted by molar-refractivity contribution is -0.140. The Hall–Kier alpha value is -1.30. The number of unbranched alkanes of at least 4 members (excludes halogenated alkanes) is 1. The van der Waals surface area contributed by atoms with Gasteiger partial charge in [-0.3, -0.25) is 4.99 Å². The Morgan fingerprint density at radius 1 is 1.26 bits per heavy atom. The molecule has 0 aliphatic carbocycles. The Balaban J connectivity index is 0.00000364. The van der Waals surface area contributed by atoms with Gasteiger partial charge < -0.3 is 15.1 Å². The number of aromatic nitrogens is 1. The SMILES string of the molecule is CCCCN=C(NCCc1ccco1)NCCc1nc(C(F)(F)F)cs1.I. The van der Waals surface area contributed by atoms with E-state index >= 15 is 0 Å². The summed E-state index contributed by atoms with van der Waals surface area (Å²) in [6.07, 6.45) is 0.403. The molecule has 0 atom stereocenters. The summed E-state index contributed by atoms with van der Waals surface area (Å²) in [7, 11) is 0. The van der Waals surface area contributed by atoms with E-state index in [4.69, 9.17) is 4.42 Å². The van der Waals surface area contributed by atoms with Crippen LogP contribution in [0.3, 0.4) is 0 Å². The molecule has 0 aromatic carbocycles. The first-order valence-electron chi connectivity index (χ1n) is 8.55. The zero-order valence-electron chi connectivity index (χ0n) is 15.0. The van der Waals surface area contributed by atoms with Gasteiger partial charge in [-0.05, 0) is 18.6 Å². The van der Waals surface area contributed by atoms with E-state index in [0.29, 0.717) is 37.0 Å². The molecule has 0 bridgehead atoms. The molecule has 0 aliphatic heterocycles. The quantitative estimate of drug-likeness (QED) is 0.223. The molecule has 2 N–H and O–H groups in total. The second-order valence-electron chi connectivity index (χ2n) is 5.64. The summed E-state index contributed by atoms with van der Waals surface area (Å²) in [5.41, 5.74) is -0.828. The van der Waals surface area contributed by atoms with Crippen LogP contribution in [0.1, 0.15) is 36.2 Å². The molecule has 10 heteroatoms. The largest absolute Gasteiger partial charge is 0.469 e. The van der Waals surface area contributed by atoms with Gasteiger partial charge in [0.05, 0.1) is 11.3 Å². The van der Waals surface area contributed by atoms with Crippen molar-refractivity contribution in [1.29, 1.82) is 0 Å². The summed E-state index contributed by atoms with van der Waals surface area (Å²) in [5.74, 6) is 1.53. The molecular weight excluding hydrogens is 492 g/mol. The van der Waals surface area contributed by atoms with E-state index in [2.05, 4.69) is 27.5 Å². The number of thiazole rings is 1. The van der Waals surface area contributed by atoms with E-state index in [1.165, 1.54) is 0 Å². The zero-order valence-corrected chi connectivity index (χ0v) is 18.2. The van der Waals surface area contributed by atoms with Crippen molar-refractivity contribution in [2.45, 2.75) is 38.8 Å². The Morgan fingerprint density at radius 2 is 2.00 bits per heavy atom. The molecule has 5 nitrogen and oxygen atoms in total. The second-order valence-corrected chi connectivity index (χ2v) is 6.58. The normalized spacial score (nSPS) is 11.9. The molecule has 0 aliphatic rings. The Kier molecular flexibility index (Phi) is 10.7. The first-order chi connectivity index (χ1) is 12.5. The maximum Gasteiger partial charge on any atom is 0.434 e. The number of halogens is 4. The Morgan fingerprint density at radius 3 is 2.59 bits per heavy atom. The van der Waals surface area contributed by atoms with Crippen LogP contribution in [0, 0.1) is 0 Å². The van der Waals surface area contributed by atoms with Crippen molar-refractivity contribution in [1.82, 2.24) is 15.6 Å². The van der Waals surface area contributed by atoms with E-state index in [1.807, 2.05) is 12.1 Å². The highest BCUT2D eigenvalue weighted by molar-refractivity contribution is 14.0. The standard InChI is InChI=1S/C17H23F3N4OS.HI/c1-2-3-8-21-16(22-9-6-13-5-4-11-25-13)23-10-7-15-24-14(12-26-15)17(18,19)20;/h4-5,11-12H,2-3,6-10H2,1H3,(H2,21,22,23);1H. The number of nitrogens with zero attached hydrogens (tertiary/aromatic N) is 2. The van der Waals surface area contributed by atoms with Crippen LogP contribution >= 0.6 is 35.3 Å². The van der Waals surface area contributed by atoms with Gasteiger partial charge in [-0.15, -0.1) is 35.3 Å². The molecule has 0 saturated heterocycles. The first-order valence-corrected chi connectivity index (χ1v) is 9.43. The molecule has 0 fully saturated rings. The monoisotopic (exact) mass is 516 g/mol. The lowest BCUT2D eigenvalue weighted by Crippen LogP contribution is -2.39. The van der Waals surface area contributed by atoms with E-state index in [1.54, 1.807) is 6.26 Å². The molecule has 2 heterocycles. The van der Waals surface area contributed by atoms with Crippen LogP contribution in [0.5, 0.6) is 0 Å². The number of hydrogen-bond acceptors (Lipinski definition) is 4. The van der Waals surface area contributed by atoms with Gasteiger partial charge in [0, 0.05) is 37.9 Å². The molecular formula is C17H24F3IN4OS. The topological polar surface area (TPSA) is 62.5 Å². The van der Waals surface area contributed by atoms with Crippen molar-refractivity contribution in [3.05, 3.63) is 40.2 Å². The van der Waals surface area contributed by atoms with Crippen molar-refractivity contribution in [2.24, 2.45) is 4.99 Å². The number of furan rings is 1. The molecule has 2 rings (SSSR count). The second kappa shape index (κ2) is 12.2. The van der Waals surface area contributed by atoms with E-state index in [9.17, 15) is 13.2 Å². The third kappa shape index (κ3) is 8.96. The van der Waals surface area contributed by atoms with E-state index < -0.39 is 11.9 Å². The number of hydrogen-bond donors (Lipinski definition) is 2. The van der Waals surface area contributed by atoms with Crippen LogP contribution in [-0.4, -0.2) is 30.6 Å². The number of alkyl halides is 3. The van der Waals surface area contributed by atoms with Gasteiger partial charge in [-0.1, -0.05) is 13.3 Å². The number of rotatable bonds is 9. The fourth-order valence-corrected chi connectivity index (χ4v) is 2.93. The molecule has 2 aromatic rings. The van der Waals surface area contributed by atoms with Gasteiger partial charge in [0.25, 0.3) is 0 Å². The van der Waals surface area contributed by atoms with Gasteiger partial charge in [-0.2, -0.15) is 13.2 Å². The molecule has 0 unspecified atom stereocenters. The van der Waals surface area contributed by atoms with Crippen molar-refractivity contribution in [2.75, 3.05) is 19.6 Å². The van der Waals surface area contributed by atoms with Crippen LogP contribution in [0.4, 0.5) is 13.2 Å². The highest BCUT2D eigenvalue weighted by Gasteiger charge is 2.33. The number of aliphatic imine (C=N–C) groups is 1. The van der Waals surface area contributed by atoms with Crippen molar-refractivity contribution in [3.8, 4) is 0 Å². The summed E-state index contributed by atoms with van der Waals surface area (Å²) in [4.78, 5) is 8.11. The number of nitrogens with one attached hydrogen (secondary N) is 2. The van der Waals surface area contributed by atoms with E-state index in [0.717, 1.165) is 41.7 Å². The average Bonchev–Trinajstić information content (AvgIpc) is 3.25. The fraction of sp³-hybridized carbons (Fsp3) is 0.529. The van der Waals surface area contributed by atoms with Crippen molar-refractivity contribution in [3.63, 3.8) is 0 Å². The van der Waals surface area contributed by atoms with Crippen LogP contribution in [-0.2, 0) is 19.0 Å². The van der Waals surface area contributed by atoms with Gasteiger partial charge in [0.2, 0.25) is 0 Å². The minimum Gasteiger partial charge on any atom is -0.469 e. The molecule has 0 spiro atoms. The first kappa shape index (κ1) is 23.7. The summed E-state index contributed by atoms with van der Waals surface area (Å²) in [6.45, 7) is 3.90. The molecule has 2 aromatic heterocycles. The Bertz CT molecular complexity index is 674. The molecule has 27 heavy (non-hydrogen) atoms. The van der Waals surface area contributed by atoms with Crippen LogP contribution < -0.4 is 10.6 Å². The van der Waals surface area contributed by atoms with Gasteiger partial charge in [0.1, 0.15) is 5.76 Å². The minimum atomic E-state index is -4.39. The Labute approximate surface area is 177 Å². The highest BCUT2D eigenvalue weighted by atomic mass is 127. The predicted octanol–water partition coefficient (Wildman–Crippen LogP) is 4.49. The maximum absolute atomic E-state index is 12.6. The summed E-state index contributed by atoms with van der Waals surface area (Å²) in [6, 6.07) is 3.75. The van der Waals surface area contributed by atoms with E-state index in [-0.39, 0.29) is 24.0 Å². The number of guanidine groups is 1. The molecule has 0 saturated carbocycles. The zero-order chi connectivity index (χ0) is 18.8.